The molecule has 4 heteroatoms. The molecule has 24 heavy (non-hydrogen) atoms. The molecule has 0 aliphatic rings. The number of benzene rings is 2. The molecular weight excluding hydrogens is 304 g/mol. The molecule has 0 aliphatic heterocycles. The van der Waals surface area contributed by atoms with Gasteiger partial charge in [-0.15, -0.1) is 0 Å². The van der Waals surface area contributed by atoms with Crippen molar-refractivity contribution in [1.82, 2.24) is 0 Å². The molecule has 0 bridgehead atoms. The van der Waals surface area contributed by atoms with Crippen molar-refractivity contribution in [1.29, 1.82) is 0 Å². The maximum atomic E-state index is 12.1. The van der Waals surface area contributed by atoms with Crippen LogP contribution in [0.5, 0.6) is 5.75 Å². The number of ether oxygens (including phenoxy) is 1. The smallest absolute Gasteiger partial charge is 0.303 e. The van der Waals surface area contributed by atoms with E-state index < -0.39 is 5.97 Å². The Kier molecular flexibility index (Phi) is 6.55. The third kappa shape index (κ3) is 5.54. The van der Waals surface area contributed by atoms with Crippen molar-refractivity contribution < 1.29 is 19.4 Å². The Morgan fingerprint density at radius 1 is 1.04 bits per heavy atom. The van der Waals surface area contributed by atoms with Gasteiger partial charge in [-0.05, 0) is 42.7 Å². The Morgan fingerprint density at radius 2 is 1.79 bits per heavy atom. The van der Waals surface area contributed by atoms with Crippen LogP contribution in [0.4, 0.5) is 0 Å². The Bertz CT molecular complexity index is 692. The van der Waals surface area contributed by atoms with E-state index in [1.54, 1.807) is 12.1 Å². The minimum atomic E-state index is -0.874. The molecule has 0 amide bonds. The molecule has 4 nitrogen and oxygen atoms in total. The highest BCUT2D eigenvalue weighted by molar-refractivity contribution is 5.96. The molecule has 0 atom stereocenters. The van der Waals surface area contributed by atoms with Crippen LogP contribution >= 0.6 is 0 Å². The Labute approximate surface area is 142 Å². The van der Waals surface area contributed by atoms with Gasteiger partial charge < -0.3 is 9.84 Å². The normalized spacial score (nSPS) is 10.4. The lowest BCUT2D eigenvalue weighted by molar-refractivity contribution is -0.137. The number of carbonyl (C=O) groups excluding carboxylic acids is 1. The number of Topliss-reactive ketones (excluding diaryl/α,β-unsaturated/α-hetero) is 1. The highest BCUT2D eigenvalue weighted by Gasteiger charge is 2.09. The Hall–Kier alpha value is -2.62. The van der Waals surface area contributed by atoms with E-state index in [1.807, 2.05) is 31.2 Å². The van der Waals surface area contributed by atoms with Crippen molar-refractivity contribution in [3.05, 3.63) is 65.2 Å². The fraction of sp³-hybridized carbons (Fsp3) is 0.300. The molecule has 2 aromatic carbocycles. The van der Waals surface area contributed by atoms with Crippen molar-refractivity contribution in [2.45, 2.75) is 32.6 Å². The van der Waals surface area contributed by atoms with Crippen LogP contribution in [0.2, 0.25) is 0 Å². The second kappa shape index (κ2) is 8.87. The van der Waals surface area contributed by atoms with Gasteiger partial charge in [0.2, 0.25) is 0 Å². The predicted molar refractivity (Wildman–Crippen MR) is 92.6 cm³/mol. The van der Waals surface area contributed by atoms with E-state index in [0.29, 0.717) is 18.6 Å². The molecule has 0 saturated carbocycles. The molecule has 0 spiro atoms. The fourth-order valence-electron chi connectivity index (χ4n) is 2.45. The van der Waals surface area contributed by atoms with Crippen LogP contribution in [0.25, 0.3) is 0 Å². The average molecular weight is 326 g/mol. The zero-order chi connectivity index (χ0) is 17.4. The van der Waals surface area contributed by atoms with Gasteiger partial charge in [0.1, 0.15) is 5.75 Å². The second-order valence-electron chi connectivity index (χ2n) is 5.73. The van der Waals surface area contributed by atoms with E-state index >= 15 is 0 Å². The number of hydrogen-bond donors (Lipinski definition) is 1. The molecule has 2 aromatic rings. The topological polar surface area (TPSA) is 63.6 Å². The van der Waals surface area contributed by atoms with Gasteiger partial charge in [-0.2, -0.15) is 0 Å². The van der Waals surface area contributed by atoms with Gasteiger partial charge in [-0.25, -0.2) is 0 Å². The summed E-state index contributed by atoms with van der Waals surface area (Å²) in [6.45, 7) is 2.49. The molecule has 0 radical (unpaired) electrons. The maximum Gasteiger partial charge on any atom is 0.303 e. The summed E-state index contributed by atoms with van der Waals surface area (Å²) in [4.78, 5) is 22.5. The number of carbonyl (C=O) groups is 2. The quantitative estimate of drug-likeness (QED) is 0.706. The van der Waals surface area contributed by atoms with E-state index in [-0.39, 0.29) is 18.6 Å². The number of carboxylic acid groups (broad SMARTS) is 1. The monoisotopic (exact) mass is 326 g/mol. The first-order valence-corrected chi connectivity index (χ1v) is 8.08. The highest BCUT2D eigenvalue weighted by Crippen LogP contribution is 2.21. The van der Waals surface area contributed by atoms with Crippen molar-refractivity contribution in [2.75, 3.05) is 6.61 Å². The van der Waals surface area contributed by atoms with Gasteiger partial charge in [0.05, 0.1) is 6.61 Å². The Morgan fingerprint density at radius 3 is 2.46 bits per heavy atom. The summed E-state index contributed by atoms with van der Waals surface area (Å²) in [6, 6.07) is 15.5. The summed E-state index contributed by atoms with van der Waals surface area (Å²) in [7, 11) is 0. The van der Waals surface area contributed by atoms with E-state index in [2.05, 4.69) is 12.1 Å². The lowest BCUT2D eigenvalue weighted by Crippen LogP contribution is -2.05. The summed E-state index contributed by atoms with van der Waals surface area (Å²) in [5.41, 5.74) is 2.74. The number of rotatable bonds is 9. The summed E-state index contributed by atoms with van der Waals surface area (Å²) < 4.78 is 5.80. The van der Waals surface area contributed by atoms with Gasteiger partial charge in [-0.3, -0.25) is 9.59 Å². The summed E-state index contributed by atoms with van der Waals surface area (Å²) in [5, 5.41) is 8.61. The average Bonchev–Trinajstić information content (AvgIpc) is 2.57. The molecule has 2 rings (SSSR count). The van der Waals surface area contributed by atoms with E-state index in [1.165, 1.54) is 5.56 Å². The predicted octanol–water partition coefficient (Wildman–Crippen LogP) is 4.05. The zero-order valence-corrected chi connectivity index (χ0v) is 13.8. The zero-order valence-electron chi connectivity index (χ0n) is 13.8. The first-order chi connectivity index (χ1) is 11.6. The third-order valence-electron chi connectivity index (χ3n) is 3.78. The van der Waals surface area contributed by atoms with Crippen molar-refractivity contribution >= 4 is 11.8 Å². The van der Waals surface area contributed by atoms with Gasteiger partial charge in [0.25, 0.3) is 0 Å². The molecule has 0 aliphatic carbocycles. The summed E-state index contributed by atoms with van der Waals surface area (Å²) in [5.74, 6) is -0.135. The van der Waals surface area contributed by atoms with Crippen LogP contribution in [-0.2, 0) is 11.2 Å². The third-order valence-corrected chi connectivity index (χ3v) is 3.78. The number of ketones is 1. The van der Waals surface area contributed by atoms with E-state index in [4.69, 9.17) is 9.84 Å². The molecular formula is C20H22O4. The minimum Gasteiger partial charge on any atom is -0.493 e. The standard InChI is InChI=1S/C20H22O4/c1-15-14-17(18(21)8-5-9-20(22)23)10-11-19(15)24-13-12-16-6-3-2-4-7-16/h2-4,6-7,10-11,14H,5,8-9,12-13H2,1H3,(H,22,23). The minimum absolute atomic E-state index is 0.0192. The second-order valence-corrected chi connectivity index (χ2v) is 5.73. The fourth-order valence-corrected chi connectivity index (χ4v) is 2.45. The van der Waals surface area contributed by atoms with Crippen LogP contribution in [0.1, 0.15) is 40.7 Å². The molecule has 1 N–H and O–H groups in total. The molecule has 0 fully saturated rings. The number of aliphatic carboxylic acids is 1. The lowest BCUT2D eigenvalue weighted by Gasteiger charge is -2.10. The van der Waals surface area contributed by atoms with Gasteiger partial charge >= 0.3 is 5.97 Å². The van der Waals surface area contributed by atoms with Crippen molar-refractivity contribution in [3.8, 4) is 5.75 Å². The van der Waals surface area contributed by atoms with E-state index in [9.17, 15) is 9.59 Å². The number of hydrogen-bond acceptors (Lipinski definition) is 3. The van der Waals surface area contributed by atoms with Crippen LogP contribution in [0.3, 0.4) is 0 Å². The summed E-state index contributed by atoms with van der Waals surface area (Å²) in [6.07, 6.45) is 1.46. The molecule has 0 heterocycles. The Balaban J connectivity index is 1.87. The van der Waals surface area contributed by atoms with Crippen molar-refractivity contribution in [2.24, 2.45) is 0 Å². The van der Waals surface area contributed by atoms with Gasteiger partial charge in [0.15, 0.2) is 5.78 Å². The molecule has 0 saturated heterocycles. The lowest BCUT2D eigenvalue weighted by atomic mass is 10.0. The molecule has 0 aromatic heterocycles. The molecule has 126 valence electrons. The number of aryl methyl sites for hydroxylation is 1. The van der Waals surface area contributed by atoms with Crippen LogP contribution in [-0.4, -0.2) is 23.5 Å². The number of carboxylic acids is 1. The van der Waals surface area contributed by atoms with Gasteiger partial charge in [0, 0.05) is 24.8 Å². The highest BCUT2D eigenvalue weighted by atomic mass is 16.5. The van der Waals surface area contributed by atoms with Crippen LogP contribution in [0.15, 0.2) is 48.5 Å². The first kappa shape index (κ1) is 17.7. The first-order valence-electron chi connectivity index (χ1n) is 8.08. The summed E-state index contributed by atoms with van der Waals surface area (Å²) >= 11 is 0. The van der Waals surface area contributed by atoms with Crippen LogP contribution < -0.4 is 4.74 Å². The van der Waals surface area contributed by atoms with Crippen LogP contribution in [0, 0.1) is 6.92 Å². The van der Waals surface area contributed by atoms with Gasteiger partial charge in [-0.1, -0.05) is 30.3 Å². The largest absolute Gasteiger partial charge is 0.493 e. The molecule has 0 unspecified atom stereocenters. The van der Waals surface area contributed by atoms with Crippen molar-refractivity contribution in [3.63, 3.8) is 0 Å². The maximum absolute atomic E-state index is 12.1. The SMILES string of the molecule is Cc1cc(C(=O)CCCC(=O)O)ccc1OCCc1ccccc1. The van der Waals surface area contributed by atoms with E-state index in [0.717, 1.165) is 17.7 Å².